The molecule has 2 aliphatic carbocycles. The first-order valence-electron chi connectivity index (χ1n) is 10.8. The number of esters is 1. The molecule has 0 spiro atoms. The smallest absolute Gasteiger partial charge is 0.408 e. The molecule has 1 aromatic rings. The highest BCUT2D eigenvalue weighted by Crippen LogP contribution is 2.32. The molecule has 3 unspecified atom stereocenters. The van der Waals surface area contributed by atoms with Gasteiger partial charge in [-0.1, -0.05) is 55.8 Å². The van der Waals surface area contributed by atoms with Crippen LogP contribution in [0.15, 0.2) is 24.3 Å². The van der Waals surface area contributed by atoms with Crippen molar-refractivity contribution in [3.63, 3.8) is 0 Å². The molecule has 3 atom stereocenters. The number of benzene rings is 1. The van der Waals surface area contributed by atoms with Crippen molar-refractivity contribution in [1.82, 2.24) is 5.32 Å². The number of nitrogens with one attached hydrogen (secondary N) is 1. The van der Waals surface area contributed by atoms with Crippen molar-refractivity contribution in [3.05, 3.63) is 34.9 Å². The Balaban J connectivity index is 1.54. The van der Waals surface area contributed by atoms with Crippen LogP contribution in [-0.2, 0) is 20.7 Å². The molecule has 0 saturated heterocycles. The van der Waals surface area contributed by atoms with Crippen molar-refractivity contribution in [2.45, 2.75) is 76.4 Å². The van der Waals surface area contributed by atoms with E-state index in [4.69, 9.17) is 21.1 Å². The van der Waals surface area contributed by atoms with Crippen LogP contribution in [0.1, 0.15) is 63.4 Å². The van der Waals surface area contributed by atoms with E-state index in [1.54, 1.807) is 0 Å². The van der Waals surface area contributed by atoms with E-state index < -0.39 is 18.1 Å². The number of methoxy groups -OCH3 is 1. The van der Waals surface area contributed by atoms with Crippen molar-refractivity contribution in [3.8, 4) is 0 Å². The van der Waals surface area contributed by atoms with Crippen LogP contribution in [-0.4, -0.2) is 31.3 Å². The molecule has 0 heterocycles. The van der Waals surface area contributed by atoms with Gasteiger partial charge in [0, 0.05) is 10.9 Å². The Hall–Kier alpha value is -1.75. The summed E-state index contributed by atoms with van der Waals surface area (Å²) in [6.45, 7) is 0. The van der Waals surface area contributed by atoms with Gasteiger partial charge in [-0.3, -0.25) is 0 Å². The van der Waals surface area contributed by atoms with Crippen LogP contribution in [0.2, 0.25) is 5.02 Å². The zero-order valence-corrected chi connectivity index (χ0v) is 18.0. The van der Waals surface area contributed by atoms with Gasteiger partial charge >= 0.3 is 12.1 Å². The third kappa shape index (κ3) is 6.63. The number of carbonyl (C=O) groups excluding carboxylic acids is 2. The zero-order chi connectivity index (χ0) is 20.6. The van der Waals surface area contributed by atoms with E-state index in [9.17, 15) is 9.59 Å². The molecule has 2 saturated carbocycles. The molecule has 2 fully saturated rings. The number of hydrogen-bond acceptors (Lipinski definition) is 4. The first-order valence-corrected chi connectivity index (χ1v) is 11.2. The fraction of sp³-hybridized carbons (Fsp3) is 0.652. The monoisotopic (exact) mass is 421 g/mol. The number of hydrogen-bond donors (Lipinski definition) is 1. The van der Waals surface area contributed by atoms with Crippen LogP contribution < -0.4 is 5.32 Å². The van der Waals surface area contributed by atoms with Gasteiger partial charge in [-0.05, 0) is 55.7 Å². The second-order valence-corrected chi connectivity index (χ2v) is 8.87. The second kappa shape index (κ2) is 10.9. The molecular weight excluding hydrogens is 390 g/mol. The van der Waals surface area contributed by atoms with Crippen LogP contribution in [0.5, 0.6) is 0 Å². The number of rotatable bonds is 7. The van der Waals surface area contributed by atoms with Crippen LogP contribution >= 0.6 is 11.6 Å². The fourth-order valence-corrected chi connectivity index (χ4v) is 5.00. The largest absolute Gasteiger partial charge is 0.467 e. The molecule has 2 aliphatic rings. The molecule has 1 amide bonds. The van der Waals surface area contributed by atoms with E-state index in [-0.39, 0.29) is 12.0 Å². The van der Waals surface area contributed by atoms with Gasteiger partial charge in [0.1, 0.15) is 12.1 Å². The number of carbonyl (C=O) groups is 2. The van der Waals surface area contributed by atoms with E-state index in [1.807, 2.05) is 18.2 Å². The topological polar surface area (TPSA) is 64.6 Å². The lowest BCUT2D eigenvalue weighted by Crippen LogP contribution is -2.44. The molecule has 5 nitrogen and oxygen atoms in total. The lowest BCUT2D eigenvalue weighted by atomic mass is 9.85. The van der Waals surface area contributed by atoms with Gasteiger partial charge in [0.15, 0.2) is 0 Å². The van der Waals surface area contributed by atoms with Crippen LogP contribution in [0.25, 0.3) is 0 Å². The van der Waals surface area contributed by atoms with Crippen molar-refractivity contribution >= 4 is 23.7 Å². The highest BCUT2D eigenvalue weighted by atomic mass is 35.5. The second-order valence-electron chi connectivity index (χ2n) is 8.43. The highest BCUT2D eigenvalue weighted by Gasteiger charge is 2.33. The summed E-state index contributed by atoms with van der Waals surface area (Å²) in [6, 6.07) is 7.19. The van der Waals surface area contributed by atoms with E-state index >= 15 is 0 Å². The Morgan fingerprint density at radius 2 is 1.93 bits per heavy atom. The first-order chi connectivity index (χ1) is 14.0. The molecule has 29 heavy (non-hydrogen) atoms. The number of halogens is 1. The Morgan fingerprint density at radius 1 is 1.14 bits per heavy atom. The molecule has 3 rings (SSSR count). The summed E-state index contributed by atoms with van der Waals surface area (Å²) >= 11 is 6.09. The average Bonchev–Trinajstić information content (AvgIpc) is 3.14. The highest BCUT2D eigenvalue weighted by molar-refractivity contribution is 6.30. The Morgan fingerprint density at radius 3 is 2.66 bits per heavy atom. The van der Waals surface area contributed by atoms with Crippen LogP contribution in [0.4, 0.5) is 4.79 Å². The van der Waals surface area contributed by atoms with Gasteiger partial charge in [-0.2, -0.15) is 0 Å². The maximum Gasteiger partial charge on any atom is 0.408 e. The summed E-state index contributed by atoms with van der Waals surface area (Å²) in [5, 5.41) is 3.50. The molecule has 6 heteroatoms. The van der Waals surface area contributed by atoms with E-state index in [0.29, 0.717) is 12.3 Å². The predicted molar refractivity (Wildman–Crippen MR) is 113 cm³/mol. The molecule has 0 aromatic heterocycles. The molecule has 1 aromatic carbocycles. The summed E-state index contributed by atoms with van der Waals surface area (Å²) in [5.41, 5.74) is 1.16. The van der Waals surface area contributed by atoms with Gasteiger partial charge in [-0.25, -0.2) is 9.59 Å². The molecule has 160 valence electrons. The van der Waals surface area contributed by atoms with Gasteiger partial charge in [0.25, 0.3) is 0 Å². The minimum absolute atomic E-state index is 0.137. The average molecular weight is 422 g/mol. The lowest BCUT2D eigenvalue weighted by Gasteiger charge is -2.26. The van der Waals surface area contributed by atoms with Crippen molar-refractivity contribution in [1.29, 1.82) is 0 Å². The van der Waals surface area contributed by atoms with Gasteiger partial charge < -0.3 is 14.8 Å². The Kier molecular flexibility index (Phi) is 8.22. The summed E-state index contributed by atoms with van der Waals surface area (Å²) in [4.78, 5) is 24.8. The number of amides is 1. The Bertz CT molecular complexity index is 689. The molecule has 0 bridgehead atoms. The molecule has 0 aliphatic heterocycles. The summed E-state index contributed by atoms with van der Waals surface area (Å²) in [5.74, 6) is 0.332. The molecule has 0 radical (unpaired) electrons. The standard InChI is InChI=1S/C23H32ClNO4/c1-28-22(26)20(15-16-7-3-2-4-8-16)25-23(27)29-21-12-6-10-18(21)13-17-9-5-11-19(24)14-17/h5,9,11,14,16,18,20-21H,2-4,6-8,10,12-13,15H2,1H3,(H,25,27). The van der Waals surface area contributed by atoms with Crippen molar-refractivity contribution in [2.24, 2.45) is 11.8 Å². The predicted octanol–water partition coefficient (Wildman–Crippen LogP) is 5.29. The van der Waals surface area contributed by atoms with Crippen LogP contribution in [0.3, 0.4) is 0 Å². The minimum Gasteiger partial charge on any atom is -0.467 e. The van der Waals surface area contributed by atoms with Gasteiger partial charge in [-0.15, -0.1) is 0 Å². The Labute approximate surface area is 178 Å². The number of ether oxygens (including phenoxy) is 2. The van der Waals surface area contributed by atoms with Crippen molar-refractivity contribution in [2.75, 3.05) is 7.11 Å². The summed E-state index contributed by atoms with van der Waals surface area (Å²) in [6.07, 6.45) is 9.56. The van der Waals surface area contributed by atoms with E-state index in [0.717, 1.165) is 49.1 Å². The maximum atomic E-state index is 12.6. The normalized spacial score (nSPS) is 23.4. The quantitative estimate of drug-likeness (QED) is 0.607. The minimum atomic E-state index is -0.636. The van der Waals surface area contributed by atoms with E-state index in [2.05, 4.69) is 11.4 Å². The molecule has 1 N–H and O–H groups in total. The third-order valence-electron chi connectivity index (χ3n) is 6.31. The van der Waals surface area contributed by atoms with Gasteiger partial charge in [0.2, 0.25) is 0 Å². The maximum absolute atomic E-state index is 12.6. The summed E-state index contributed by atoms with van der Waals surface area (Å²) in [7, 11) is 1.36. The molecular formula is C23H32ClNO4. The lowest BCUT2D eigenvalue weighted by molar-refractivity contribution is -0.143. The SMILES string of the molecule is COC(=O)C(CC1CCCCC1)NC(=O)OC1CCCC1Cc1cccc(Cl)c1. The van der Waals surface area contributed by atoms with E-state index in [1.165, 1.54) is 26.4 Å². The number of alkyl carbamates (subject to hydrolysis) is 1. The fourth-order valence-electron chi connectivity index (χ4n) is 4.78. The summed E-state index contributed by atoms with van der Waals surface area (Å²) < 4.78 is 10.7. The van der Waals surface area contributed by atoms with Gasteiger partial charge in [0.05, 0.1) is 7.11 Å². The first kappa shape index (κ1) is 21.9. The van der Waals surface area contributed by atoms with Crippen molar-refractivity contribution < 1.29 is 19.1 Å². The zero-order valence-electron chi connectivity index (χ0n) is 17.2. The van der Waals surface area contributed by atoms with Crippen LogP contribution in [0, 0.1) is 11.8 Å². The third-order valence-corrected chi connectivity index (χ3v) is 6.54.